The average Bonchev–Trinajstić information content (AvgIpc) is 2.85. The maximum atomic E-state index is 12.5. The van der Waals surface area contributed by atoms with Gasteiger partial charge in [-0.2, -0.15) is 8.78 Å². The van der Waals surface area contributed by atoms with Gasteiger partial charge in [-0.25, -0.2) is 0 Å². The van der Waals surface area contributed by atoms with Crippen LogP contribution in [0.15, 0.2) is 18.2 Å². The number of rotatable bonds is 7. The van der Waals surface area contributed by atoms with E-state index in [-0.39, 0.29) is 5.75 Å². The first-order chi connectivity index (χ1) is 10.1. The summed E-state index contributed by atoms with van der Waals surface area (Å²) >= 11 is 0. The molecular formula is C15H22F2N2O2. The summed E-state index contributed by atoms with van der Waals surface area (Å²) in [7, 11) is 3.55. The minimum absolute atomic E-state index is 0.113. The van der Waals surface area contributed by atoms with Crippen LogP contribution >= 0.6 is 0 Å². The lowest BCUT2D eigenvalue weighted by atomic mass is 10.1. The highest BCUT2D eigenvalue weighted by atomic mass is 19.3. The summed E-state index contributed by atoms with van der Waals surface area (Å²) in [4.78, 5) is 2.31. The largest absolute Gasteiger partial charge is 0.493 e. The minimum atomic E-state index is -2.86. The number of hydrogen-bond acceptors (Lipinski definition) is 4. The summed E-state index contributed by atoms with van der Waals surface area (Å²) in [6.07, 6.45) is 2.38. The van der Waals surface area contributed by atoms with E-state index in [0.717, 1.165) is 13.1 Å². The minimum Gasteiger partial charge on any atom is -0.493 e. The fourth-order valence-electron chi connectivity index (χ4n) is 2.69. The van der Waals surface area contributed by atoms with Gasteiger partial charge in [0.2, 0.25) is 0 Å². The van der Waals surface area contributed by atoms with Crippen LogP contribution in [0.3, 0.4) is 0 Å². The smallest absolute Gasteiger partial charge is 0.387 e. The molecule has 0 bridgehead atoms. The molecule has 6 heteroatoms. The molecule has 0 aromatic heterocycles. The predicted octanol–water partition coefficient (Wildman–Crippen LogP) is 2.48. The van der Waals surface area contributed by atoms with E-state index in [0.29, 0.717) is 23.9 Å². The Bertz CT molecular complexity index is 457. The van der Waals surface area contributed by atoms with Crippen molar-refractivity contribution >= 4 is 0 Å². The third kappa shape index (κ3) is 4.28. The molecule has 1 aromatic rings. The second kappa shape index (κ2) is 7.56. The Labute approximate surface area is 124 Å². The summed E-state index contributed by atoms with van der Waals surface area (Å²) in [5.74, 6) is 0.440. The van der Waals surface area contributed by atoms with Crippen molar-refractivity contribution in [3.63, 3.8) is 0 Å². The van der Waals surface area contributed by atoms with Gasteiger partial charge in [-0.05, 0) is 32.5 Å². The third-order valence-corrected chi connectivity index (χ3v) is 3.85. The van der Waals surface area contributed by atoms with Gasteiger partial charge in [0.25, 0.3) is 0 Å². The monoisotopic (exact) mass is 300 g/mol. The van der Waals surface area contributed by atoms with Crippen LogP contribution < -0.4 is 14.8 Å². The van der Waals surface area contributed by atoms with Gasteiger partial charge < -0.3 is 19.7 Å². The molecule has 1 atom stereocenters. The Morgan fingerprint density at radius 1 is 1.43 bits per heavy atom. The first-order valence-electron chi connectivity index (χ1n) is 7.13. The molecule has 4 nitrogen and oxygen atoms in total. The normalized spacial score (nSPS) is 19.2. The zero-order valence-electron chi connectivity index (χ0n) is 12.4. The second-order valence-electron chi connectivity index (χ2n) is 5.23. The molecule has 1 aromatic carbocycles. The van der Waals surface area contributed by atoms with Crippen molar-refractivity contribution in [1.29, 1.82) is 0 Å². The van der Waals surface area contributed by atoms with Gasteiger partial charge in [0.15, 0.2) is 11.5 Å². The fourth-order valence-corrected chi connectivity index (χ4v) is 2.69. The molecule has 118 valence electrons. The van der Waals surface area contributed by atoms with Crippen molar-refractivity contribution in [1.82, 2.24) is 10.2 Å². The van der Waals surface area contributed by atoms with Crippen molar-refractivity contribution in [2.45, 2.75) is 32.0 Å². The van der Waals surface area contributed by atoms with E-state index in [1.54, 1.807) is 18.2 Å². The Kier molecular flexibility index (Phi) is 5.76. The molecular weight excluding hydrogens is 278 g/mol. The van der Waals surface area contributed by atoms with Crippen LogP contribution in [0.4, 0.5) is 8.78 Å². The first-order valence-corrected chi connectivity index (χ1v) is 7.13. The van der Waals surface area contributed by atoms with Crippen molar-refractivity contribution in [2.75, 3.05) is 27.2 Å². The molecule has 0 saturated carbocycles. The van der Waals surface area contributed by atoms with Crippen LogP contribution in [0.1, 0.15) is 18.4 Å². The molecule has 0 radical (unpaired) electrons. The van der Waals surface area contributed by atoms with Crippen LogP contribution in [0, 0.1) is 0 Å². The van der Waals surface area contributed by atoms with E-state index in [1.807, 2.05) is 0 Å². The number of likely N-dealkylation sites (N-methyl/N-ethyl adjacent to an activating group) is 1. The molecule has 1 aliphatic rings. The summed E-state index contributed by atoms with van der Waals surface area (Å²) in [6, 6.07) is 5.67. The van der Waals surface area contributed by atoms with E-state index >= 15 is 0 Å². The second-order valence-corrected chi connectivity index (χ2v) is 5.23. The van der Waals surface area contributed by atoms with Gasteiger partial charge in [-0.1, -0.05) is 12.1 Å². The number of likely N-dealkylation sites (tertiary alicyclic amines) is 1. The number of ether oxygens (including phenoxy) is 2. The van der Waals surface area contributed by atoms with E-state index in [2.05, 4.69) is 22.0 Å². The molecule has 0 aliphatic carbocycles. The molecule has 21 heavy (non-hydrogen) atoms. The molecule has 1 N–H and O–H groups in total. The fraction of sp³-hybridized carbons (Fsp3) is 0.600. The van der Waals surface area contributed by atoms with Crippen molar-refractivity contribution in [3.8, 4) is 11.5 Å². The topological polar surface area (TPSA) is 33.7 Å². The van der Waals surface area contributed by atoms with Gasteiger partial charge >= 0.3 is 6.61 Å². The number of para-hydroxylation sites is 1. The molecule has 0 spiro atoms. The van der Waals surface area contributed by atoms with E-state index in [1.165, 1.54) is 20.0 Å². The number of methoxy groups -OCH3 is 1. The molecule has 0 amide bonds. The summed E-state index contributed by atoms with van der Waals surface area (Å²) in [6.45, 7) is -0.433. The maximum Gasteiger partial charge on any atom is 0.387 e. The lowest BCUT2D eigenvalue weighted by Crippen LogP contribution is -2.35. The molecule has 1 unspecified atom stereocenters. The number of benzene rings is 1. The highest BCUT2D eigenvalue weighted by molar-refractivity contribution is 5.46. The maximum absolute atomic E-state index is 12.5. The molecule has 1 saturated heterocycles. The molecule has 1 fully saturated rings. The van der Waals surface area contributed by atoms with Crippen molar-refractivity contribution in [2.24, 2.45) is 0 Å². The summed E-state index contributed by atoms with van der Waals surface area (Å²) in [5.41, 5.74) is 0.676. The van der Waals surface area contributed by atoms with Crippen molar-refractivity contribution in [3.05, 3.63) is 23.8 Å². The summed E-state index contributed by atoms with van der Waals surface area (Å²) < 4.78 is 34.8. The number of nitrogens with one attached hydrogen (secondary N) is 1. The molecule has 1 aliphatic heterocycles. The van der Waals surface area contributed by atoms with Crippen LogP contribution in [0.2, 0.25) is 0 Å². The highest BCUT2D eigenvalue weighted by Gasteiger charge is 2.20. The standard InChI is InChI=1S/C15H22F2N2O2/c1-19-8-4-6-12(19)10-18-9-11-5-3-7-13(20-2)14(11)21-15(16)17/h3,5,7,12,15,18H,4,6,8-10H2,1-2H3. The van der Waals surface area contributed by atoms with Crippen LogP contribution in [-0.4, -0.2) is 44.8 Å². The zero-order chi connectivity index (χ0) is 15.2. The van der Waals surface area contributed by atoms with Gasteiger partial charge in [-0.15, -0.1) is 0 Å². The highest BCUT2D eigenvalue weighted by Crippen LogP contribution is 2.32. The lowest BCUT2D eigenvalue weighted by molar-refractivity contribution is -0.0518. The Hall–Kier alpha value is -1.40. The Morgan fingerprint density at radius 2 is 2.24 bits per heavy atom. The third-order valence-electron chi connectivity index (χ3n) is 3.85. The molecule has 1 heterocycles. The van der Waals surface area contributed by atoms with Gasteiger partial charge in [0, 0.05) is 24.7 Å². The van der Waals surface area contributed by atoms with E-state index in [9.17, 15) is 8.78 Å². The van der Waals surface area contributed by atoms with Gasteiger partial charge in [0.05, 0.1) is 7.11 Å². The number of hydrogen-bond donors (Lipinski definition) is 1. The predicted molar refractivity (Wildman–Crippen MR) is 77.0 cm³/mol. The SMILES string of the molecule is COc1cccc(CNCC2CCCN2C)c1OC(F)F. The average molecular weight is 300 g/mol. The first kappa shape index (κ1) is 16.0. The van der Waals surface area contributed by atoms with Gasteiger partial charge in [-0.3, -0.25) is 0 Å². The quantitative estimate of drug-likeness (QED) is 0.839. The van der Waals surface area contributed by atoms with Crippen LogP contribution in [-0.2, 0) is 6.54 Å². The van der Waals surface area contributed by atoms with E-state index < -0.39 is 6.61 Å². The Balaban J connectivity index is 1.98. The van der Waals surface area contributed by atoms with Gasteiger partial charge in [0.1, 0.15) is 0 Å². The zero-order valence-corrected chi connectivity index (χ0v) is 12.4. The van der Waals surface area contributed by atoms with Crippen LogP contribution in [0.5, 0.6) is 11.5 Å². The van der Waals surface area contributed by atoms with Crippen molar-refractivity contribution < 1.29 is 18.3 Å². The van der Waals surface area contributed by atoms with Crippen LogP contribution in [0.25, 0.3) is 0 Å². The number of nitrogens with zero attached hydrogens (tertiary/aromatic N) is 1. The lowest BCUT2D eigenvalue weighted by Gasteiger charge is -2.20. The Morgan fingerprint density at radius 3 is 2.86 bits per heavy atom. The van der Waals surface area contributed by atoms with E-state index in [4.69, 9.17) is 4.74 Å². The summed E-state index contributed by atoms with van der Waals surface area (Å²) in [5, 5.41) is 3.32. The molecule has 2 rings (SSSR count). The number of alkyl halides is 2. The number of halogens is 2.